The zero-order valence-corrected chi connectivity index (χ0v) is 17.2. The van der Waals surface area contributed by atoms with E-state index in [0.717, 1.165) is 38.6 Å². The van der Waals surface area contributed by atoms with E-state index < -0.39 is 5.60 Å². The van der Waals surface area contributed by atoms with Gasteiger partial charge in [-0.15, -0.1) is 0 Å². The molecule has 0 bridgehead atoms. The average Bonchev–Trinajstić information content (AvgIpc) is 2.87. The van der Waals surface area contributed by atoms with Crippen molar-refractivity contribution >= 4 is 12.0 Å². The second-order valence-electron chi connectivity index (χ2n) is 8.47. The number of hydrogen-bond acceptors (Lipinski definition) is 3. The number of likely N-dealkylation sites (tertiary alicyclic amines) is 1. The summed E-state index contributed by atoms with van der Waals surface area (Å²) in [6, 6.07) is 0.323. The van der Waals surface area contributed by atoms with Crippen LogP contribution < -0.4 is 5.32 Å². The molecule has 1 fully saturated rings. The van der Waals surface area contributed by atoms with E-state index in [4.69, 9.17) is 4.74 Å². The zero-order chi connectivity index (χ0) is 19.2. The summed E-state index contributed by atoms with van der Waals surface area (Å²) < 4.78 is 5.63. The van der Waals surface area contributed by atoms with Crippen LogP contribution in [0.2, 0.25) is 0 Å². The lowest BCUT2D eigenvalue weighted by Crippen LogP contribution is -2.45. The number of carbonyl (C=O) groups excluding carboxylic acids is 2. The minimum absolute atomic E-state index is 0.0102. The molecule has 0 spiro atoms. The lowest BCUT2D eigenvalue weighted by Gasteiger charge is -2.34. The maximum absolute atomic E-state index is 12.7. The van der Waals surface area contributed by atoms with Crippen LogP contribution in [-0.2, 0) is 9.53 Å². The molecule has 0 radical (unpaired) electrons. The topological polar surface area (TPSA) is 58.6 Å². The van der Waals surface area contributed by atoms with Crippen molar-refractivity contribution in [2.45, 2.75) is 98.3 Å². The van der Waals surface area contributed by atoms with Crippen molar-refractivity contribution in [1.29, 1.82) is 0 Å². The van der Waals surface area contributed by atoms with Crippen LogP contribution in [-0.4, -0.2) is 41.1 Å². The summed E-state index contributed by atoms with van der Waals surface area (Å²) in [5.41, 5.74) is -0.474. The number of carbonyl (C=O) groups is 2. The standard InChI is InChI=1S/C20H38N2O3/c1-8-10-17(14(3)21-15(4)23)13-18-16(9-2)11-12-22(18)19(24)25-20(5,6)7/h14,16-18H,8-13H2,1-7H3,(H,21,23)/t14?,16-,17?,18+/m0/s1. The number of nitrogens with zero attached hydrogens (tertiary/aromatic N) is 1. The third kappa shape index (κ3) is 6.87. The molecule has 1 aliphatic heterocycles. The maximum Gasteiger partial charge on any atom is 0.410 e. The molecule has 25 heavy (non-hydrogen) atoms. The first-order valence-electron chi connectivity index (χ1n) is 9.85. The molecule has 5 heteroatoms. The predicted molar refractivity (Wildman–Crippen MR) is 101 cm³/mol. The normalized spacial score (nSPS) is 23.2. The number of hydrogen-bond donors (Lipinski definition) is 1. The molecular formula is C20H38N2O3. The highest BCUT2D eigenvalue weighted by molar-refractivity contribution is 5.73. The van der Waals surface area contributed by atoms with E-state index in [0.29, 0.717) is 11.8 Å². The fourth-order valence-corrected chi connectivity index (χ4v) is 3.95. The summed E-state index contributed by atoms with van der Waals surface area (Å²) in [5.74, 6) is 0.892. The van der Waals surface area contributed by atoms with Gasteiger partial charge in [-0.2, -0.15) is 0 Å². The first kappa shape index (κ1) is 21.8. The van der Waals surface area contributed by atoms with E-state index in [1.54, 1.807) is 6.92 Å². The molecule has 1 N–H and O–H groups in total. The lowest BCUT2D eigenvalue weighted by molar-refractivity contribution is -0.120. The van der Waals surface area contributed by atoms with Gasteiger partial charge in [0.2, 0.25) is 5.91 Å². The third-order valence-electron chi connectivity index (χ3n) is 5.18. The van der Waals surface area contributed by atoms with Gasteiger partial charge in [-0.25, -0.2) is 4.79 Å². The van der Waals surface area contributed by atoms with E-state index in [-0.39, 0.29) is 24.1 Å². The molecule has 0 aromatic heterocycles. The van der Waals surface area contributed by atoms with E-state index >= 15 is 0 Å². The molecule has 1 rings (SSSR count). The van der Waals surface area contributed by atoms with Crippen LogP contribution in [0.15, 0.2) is 0 Å². The van der Waals surface area contributed by atoms with E-state index in [1.165, 1.54) is 0 Å². The SMILES string of the molecule is CCCC(C[C@@H]1[C@@H](CC)CCN1C(=O)OC(C)(C)C)C(C)NC(C)=O. The quantitative estimate of drug-likeness (QED) is 0.739. The molecule has 0 aliphatic carbocycles. The number of ether oxygens (including phenoxy) is 1. The van der Waals surface area contributed by atoms with Crippen LogP contribution in [0, 0.1) is 11.8 Å². The van der Waals surface area contributed by atoms with Crippen molar-refractivity contribution in [3.8, 4) is 0 Å². The molecule has 5 nitrogen and oxygen atoms in total. The van der Waals surface area contributed by atoms with Gasteiger partial charge in [0, 0.05) is 25.6 Å². The highest BCUT2D eigenvalue weighted by Gasteiger charge is 2.39. The Morgan fingerprint density at radius 3 is 2.40 bits per heavy atom. The van der Waals surface area contributed by atoms with Crippen molar-refractivity contribution in [2.24, 2.45) is 11.8 Å². The largest absolute Gasteiger partial charge is 0.444 e. The molecule has 1 saturated heterocycles. The van der Waals surface area contributed by atoms with E-state index in [2.05, 4.69) is 26.1 Å². The number of amides is 2. The second kappa shape index (κ2) is 9.44. The Hall–Kier alpha value is -1.26. The number of rotatable bonds is 7. The van der Waals surface area contributed by atoms with Gasteiger partial charge < -0.3 is 15.0 Å². The Morgan fingerprint density at radius 2 is 1.92 bits per heavy atom. The molecule has 2 unspecified atom stereocenters. The third-order valence-corrected chi connectivity index (χ3v) is 5.18. The fraction of sp³-hybridized carbons (Fsp3) is 0.900. The van der Waals surface area contributed by atoms with Gasteiger partial charge in [-0.05, 0) is 58.8 Å². The first-order chi connectivity index (χ1) is 11.6. The van der Waals surface area contributed by atoms with Crippen LogP contribution >= 0.6 is 0 Å². The molecule has 0 aromatic carbocycles. The summed E-state index contributed by atoms with van der Waals surface area (Å²) in [5, 5.41) is 3.04. The average molecular weight is 355 g/mol. The van der Waals surface area contributed by atoms with Crippen molar-refractivity contribution in [3.05, 3.63) is 0 Å². The van der Waals surface area contributed by atoms with Gasteiger partial charge in [0.1, 0.15) is 5.60 Å². The first-order valence-corrected chi connectivity index (χ1v) is 9.85. The molecule has 1 aliphatic rings. The smallest absolute Gasteiger partial charge is 0.410 e. The van der Waals surface area contributed by atoms with Crippen LogP contribution in [0.5, 0.6) is 0 Å². The van der Waals surface area contributed by atoms with Gasteiger partial charge in [0.15, 0.2) is 0 Å². The predicted octanol–water partition coefficient (Wildman–Crippen LogP) is 4.35. The van der Waals surface area contributed by atoms with Crippen LogP contribution in [0.25, 0.3) is 0 Å². The van der Waals surface area contributed by atoms with Crippen molar-refractivity contribution in [2.75, 3.05) is 6.54 Å². The monoisotopic (exact) mass is 354 g/mol. The molecule has 0 aromatic rings. The van der Waals surface area contributed by atoms with Gasteiger partial charge in [-0.3, -0.25) is 4.79 Å². The Bertz CT molecular complexity index is 445. The summed E-state index contributed by atoms with van der Waals surface area (Å²) >= 11 is 0. The van der Waals surface area contributed by atoms with Gasteiger partial charge in [0.25, 0.3) is 0 Å². The summed E-state index contributed by atoms with van der Waals surface area (Å²) in [4.78, 5) is 26.0. The zero-order valence-electron chi connectivity index (χ0n) is 17.2. The lowest BCUT2D eigenvalue weighted by atomic mass is 9.84. The molecule has 146 valence electrons. The molecule has 0 saturated carbocycles. The number of nitrogens with one attached hydrogen (secondary N) is 1. The fourth-order valence-electron chi connectivity index (χ4n) is 3.95. The highest BCUT2D eigenvalue weighted by Crippen LogP contribution is 2.34. The Labute approximate surface area is 153 Å². The molecular weight excluding hydrogens is 316 g/mol. The molecule has 2 amide bonds. The van der Waals surface area contributed by atoms with Gasteiger partial charge in [-0.1, -0.05) is 26.7 Å². The Morgan fingerprint density at radius 1 is 1.28 bits per heavy atom. The van der Waals surface area contributed by atoms with E-state index in [9.17, 15) is 9.59 Å². The molecule has 1 heterocycles. The van der Waals surface area contributed by atoms with Crippen LogP contribution in [0.4, 0.5) is 4.79 Å². The minimum atomic E-state index is -0.474. The Balaban J connectivity index is 2.89. The van der Waals surface area contributed by atoms with Crippen molar-refractivity contribution in [1.82, 2.24) is 10.2 Å². The highest BCUT2D eigenvalue weighted by atomic mass is 16.6. The Kier molecular flexibility index (Phi) is 8.23. The summed E-state index contributed by atoms with van der Waals surface area (Å²) in [7, 11) is 0. The second-order valence-corrected chi connectivity index (χ2v) is 8.47. The van der Waals surface area contributed by atoms with Gasteiger partial charge in [0.05, 0.1) is 0 Å². The van der Waals surface area contributed by atoms with Crippen molar-refractivity contribution in [3.63, 3.8) is 0 Å². The van der Waals surface area contributed by atoms with Crippen molar-refractivity contribution < 1.29 is 14.3 Å². The van der Waals surface area contributed by atoms with Crippen LogP contribution in [0.1, 0.15) is 80.6 Å². The summed E-state index contributed by atoms with van der Waals surface area (Å²) in [6.45, 7) is 14.5. The maximum atomic E-state index is 12.7. The van der Waals surface area contributed by atoms with Gasteiger partial charge >= 0.3 is 6.09 Å². The van der Waals surface area contributed by atoms with Crippen LogP contribution in [0.3, 0.4) is 0 Å². The molecule has 4 atom stereocenters. The summed E-state index contributed by atoms with van der Waals surface area (Å²) in [6.07, 6.45) is 4.95. The minimum Gasteiger partial charge on any atom is -0.444 e. The van der Waals surface area contributed by atoms with E-state index in [1.807, 2.05) is 25.7 Å².